The van der Waals surface area contributed by atoms with Gasteiger partial charge >= 0.3 is 16.9 Å². The van der Waals surface area contributed by atoms with E-state index in [1.807, 2.05) is 22.6 Å². The fourth-order valence-corrected chi connectivity index (χ4v) is 4.02. The summed E-state index contributed by atoms with van der Waals surface area (Å²) in [6.45, 7) is 1.52. The van der Waals surface area contributed by atoms with Gasteiger partial charge in [0.15, 0.2) is 14.5 Å². The minimum absolute atomic E-state index is 0.140. The predicted molar refractivity (Wildman–Crippen MR) is 135 cm³/mol. The van der Waals surface area contributed by atoms with E-state index in [4.69, 9.17) is 33.3 Å². The molecule has 2 saturated heterocycles. The van der Waals surface area contributed by atoms with Crippen molar-refractivity contribution in [2.75, 3.05) is 6.54 Å². The van der Waals surface area contributed by atoms with Crippen LogP contribution < -0.4 is 10.6 Å². The van der Waals surface area contributed by atoms with Crippen LogP contribution in [0.2, 0.25) is 0 Å². The number of carbonyl (C=O) groups excluding carboxylic acids is 4. The molecule has 0 saturated carbocycles. The summed E-state index contributed by atoms with van der Waals surface area (Å²) in [4.78, 5) is 51.6. The van der Waals surface area contributed by atoms with E-state index in [1.165, 1.54) is 18.4 Å². The number of amides is 4. The Bertz CT molecular complexity index is 1380. The first-order chi connectivity index (χ1) is 16.1. The lowest BCUT2D eigenvalue weighted by molar-refractivity contribution is -0.332. The van der Waals surface area contributed by atoms with Gasteiger partial charge in [0.25, 0.3) is 11.8 Å². The van der Waals surface area contributed by atoms with Crippen LogP contribution in [0.3, 0.4) is 0 Å². The number of hydrogen-bond donors (Lipinski definition) is 2. The van der Waals surface area contributed by atoms with Gasteiger partial charge in [-0.05, 0) is 72.1 Å². The normalized spacial score (nSPS) is 20.5. The number of hydrogen-bond acceptors (Lipinski definition) is 8. The van der Waals surface area contributed by atoms with Crippen LogP contribution in [-0.2, 0) is 19.2 Å². The van der Waals surface area contributed by atoms with Crippen molar-refractivity contribution < 1.29 is 32.6 Å². The molecule has 2 aliphatic rings. The summed E-state index contributed by atoms with van der Waals surface area (Å²) in [5.41, 5.74) is -0.393. The first-order valence-electron chi connectivity index (χ1n) is 9.58. The van der Waals surface area contributed by atoms with Crippen molar-refractivity contribution in [3.63, 3.8) is 0 Å². The van der Waals surface area contributed by atoms with Gasteiger partial charge in [0, 0.05) is 18.3 Å². The third-order valence-electron chi connectivity index (χ3n) is 4.69. The van der Waals surface area contributed by atoms with E-state index in [0.717, 1.165) is 9.48 Å². The minimum Gasteiger partial charge on any atom is -0.462 e. The number of furan rings is 2. The van der Waals surface area contributed by atoms with Crippen LogP contribution in [0.4, 0.5) is 0 Å². The van der Waals surface area contributed by atoms with Crippen molar-refractivity contribution in [2.24, 2.45) is 0 Å². The quantitative estimate of drug-likeness (QED) is 0.176. The van der Waals surface area contributed by atoms with Crippen LogP contribution in [0.25, 0.3) is 12.2 Å². The van der Waals surface area contributed by atoms with Gasteiger partial charge in [0.2, 0.25) is 0 Å². The molecule has 0 aromatic carbocycles. The van der Waals surface area contributed by atoms with E-state index in [0.29, 0.717) is 21.0 Å². The lowest BCUT2D eigenvalue weighted by Gasteiger charge is -2.27. The zero-order valence-electron chi connectivity index (χ0n) is 17.3. The molecular formula is C21H14IN4O6S2+. The van der Waals surface area contributed by atoms with Crippen molar-refractivity contribution in [1.82, 2.24) is 15.5 Å². The molecule has 0 aliphatic carbocycles. The second kappa shape index (κ2) is 9.52. The Hall–Kier alpha value is -3.30. The van der Waals surface area contributed by atoms with Gasteiger partial charge in [0.05, 0.1) is 12.8 Å². The number of aryl methyl sites for hydroxylation is 1. The third kappa shape index (κ3) is 4.80. The van der Waals surface area contributed by atoms with Gasteiger partial charge in [-0.2, -0.15) is 9.89 Å². The smallest absolute Gasteiger partial charge is 0.359 e. The Balaban J connectivity index is 1.60. The van der Waals surface area contributed by atoms with Crippen molar-refractivity contribution in [3.05, 3.63) is 56.5 Å². The van der Waals surface area contributed by atoms with Crippen LogP contribution in [0.5, 0.6) is 0 Å². The molecule has 13 heteroatoms. The van der Waals surface area contributed by atoms with Crippen molar-refractivity contribution in [3.8, 4) is 0 Å². The van der Waals surface area contributed by atoms with Gasteiger partial charge in [-0.25, -0.2) is 9.59 Å². The van der Waals surface area contributed by atoms with Crippen molar-refractivity contribution in [1.29, 1.82) is 0 Å². The molecule has 2 aliphatic heterocycles. The van der Waals surface area contributed by atoms with Gasteiger partial charge in [-0.1, -0.05) is 0 Å². The summed E-state index contributed by atoms with van der Waals surface area (Å²) >= 11 is 12.2. The van der Waals surface area contributed by atoms with Gasteiger partial charge in [-0.3, -0.25) is 19.8 Å². The molecule has 2 aromatic heterocycles. The summed E-state index contributed by atoms with van der Waals surface area (Å²) in [7, 11) is 0. The monoisotopic (exact) mass is 609 g/mol. The molecule has 2 aromatic rings. The van der Waals surface area contributed by atoms with Crippen LogP contribution in [0, 0.1) is 10.7 Å². The molecule has 0 radical (unpaired) electrons. The van der Waals surface area contributed by atoms with E-state index >= 15 is 0 Å². The lowest BCUT2D eigenvalue weighted by Crippen LogP contribution is -2.55. The Labute approximate surface area is 216 Å². The van der Waals surface area contributed by atoms with Gasteiger partial charge < -0.3 is 8.83 Å². The van der Waals surface area contributed by atoms with Gasteiger partial charge in [-0.15, -0.1) is 0 Å². The standard InChI is InChI=1S/C21H13IN4O6S2/c1-10-2-3-11(31-10)8-13-16(27)23-20(33)25(18(13)29)6-7-26-19(30)14(17(28)24-21(26)34)9-12-4-5-15(22)32-12/h2-6,8-9H,7H2,1H3,(H-,23,24,27,28,33,34)/p+1/b13-8-,14-9-,25-6+. The predicted octanol–water partition coefficient (Wildman–Crippen LogP) is 1.52. The summed E-state index contributed by atoms with van der Waals surface area (Å²) < 4.78 is 12.4. The fraction of sp³-hybridized carbons (Fsp3) is 0.0952. The van der Waals surface area contributed by atoms with Crippen molar-refractivity contribution in [2.45, 2.75) is 6.92 Å². The number of nitrogens with one attached hydrogen (secondary N) is 2. The fourth-order valence-electron chi connectivity index (χ4n) is 3.08. The SMILES string of the molecule is Cc1ccc(/C=C2/C(=O)NC(=S)/[N+](=C/CN3C(=O)/C(=C\c4ccc(I)o4)C(=O)NC3=S)C2=O)o1. The molecule has 2 fully saturated rings. The van der Waals surface area contributed by atoms with Crippen molar-refractivity contribution >= 4 is 99.2 Å². The highest BCUT2D eigenvalue weighted by Gasteiger charge is 2.39. The Morgan fingerprint density at radius 3 is 2.26 bits per heavy atom. The number of rotatable bonds is 4. The molecule has 10 nitrogen and oxygen atoms in total. The molecule has 4 heterocycles. The number of halogens is 1. The second-order valence-electron chi connectivity index (χ2n) is 7.00. The Morgan fingerprint density at radius 2 is 1.62 bits per heavy atom. The highest BCUT2D eigenvalue weighted by atomic mass is 127. The molecule has 172 valence electrons. The first kappa shape index (κ1) is 23.8. The second-order valence-corrected chi connectivity index (χ2v) is 8.83. The Kier molecular flexibility index (Phi) is 6.67. The molecule has 34 heavy (non-hydrogen) atoms. The summed E-state index contributed by atoms with van der Waals surface area (Å²) in [6.07, 6.45) is 3.90. The first-order valence-corrected chi connectivity index (χ1v) is 11.5. The third-order valence-corrected chi connectivity index (χ3v) is 5.90. The number of thiocarbonyl (C=S) groups is 2. The van der Waals surface area contributed by atoms with Gasteiger partial charge in [0.1, 0.15) is 22.9 Å². The zero-order valence-corrected chi connectivity index (χ0v) is 21.1. The van der Waals surface area contributed by atoms with E-state index < -0.39 is 23.6 Å². The highest BCUT2D eigenvalue weighted by molar-refractivity contribution is 14.1. The average Bonchev–Trinajstić information content (AvgIpc) is 3.37. The molecular weight excluding hydrogens is 595 g/mol. The molecule has 0 spiro atoms. The van der Waals surface area contributed by atoms with E-state index in [2.05, 4.69) is 10.6 Å². The van der Waals surface area contributed by atoms with E-state index in [9.17, 15) is 19.2 Å². The molecule has 0 unspecified atom stereocenters. The molecule has 2 N–H and O–H groups in total. The maximum atomic E-state index is 13.0. The molecule has 4 amide bonds. The summed E-state index contributed by atoms with van der Waals surface area (Å²) in [6, 6.07) is 6.60. The van der Waals surface area contributed by atoms with E-state index in [-0.39, 0.29) is 27.9 Å². The molecule has 4 rings (SSSR count). The van der Waals surface area contributed by atoms with Crippen LogP contribution in [-0.4, -0.2) is 56.1 Å². The topological polar surface area (TPSA) is 125 Å². The maximum absolute atomic E-state index is 13.0. The minimum atomic E-state index is -0.705. The Morgan fingerprint density at radius 1 is 0.971 bits per heavy atom. The summed E-state index contributed by atoms with van der Waals surface area (Å²) in [5.74, 6) is -1.49. The van der Waals surface area contributed by atoms with Crippen LogP contribution in [0.15, 0.2) is 44.2 Å². The number of carbonyl (C=O) groups is 4. The largest absolute Gasteiger partial charge is 0.462 e. The number of nitrogens with zero attached hydrogens (tertiary/aromatic N) is 2. The molecule has 0 bridgehead atoms. The van der Waals surface area contributed by atoms with Crippen LogP contribution >= 0.6 is 47.0 Å². The highest BCUT2D eigenvalue weighted by Crippen LogP contribution is 2.18. The average molecular weight is 609 g/mol. The summed E-state index contributed by atoms with van der Waals surface area (Å²) in [5, 5.41) is 4.55. The lowest BCUT2D eigenvalue weighted by atomic mass is 10.1. The maximum Gasteiger partial charge on any atom is 0.359 e. The molecule has 0 atom stereocenters. The van der Waals surface area contributed by atoms with E-state index in [1.54, 1.807) is 31.2 Å². The van der Waals surface area contributed by atoms with Crippen LogP contribution in [0.1, 0.15) is 17.3 Å². The zero-order chi connectivity index (χ0) is 24.6.